The standard InChI is InChI=1S/C28H38O11/c1-8-9-21(32)37-17-13-19(35-15(3)29)25(5)11-10-18(31)26(6,34)22(25)23(36-16(4)30)28-20(12-14(17)2)38-24(33)27(28,7)39-28/h10-12,17-20,22-23,31,34H,8-9,13H2,1-7H3. The molecule has 2 N–H and O–H groups in total. The van der Waals surface area contributed by atoms with E-state index in [0.717, 1.165) is 0 Å². The number of aliphatic hydroxyl groups excluding tert-OH is 1. The molecule has 10 atom stereocenters. The Balaban J connectivity index is 2.00. The number of rotatable bonds is 5. The second kappa shape index (κ2) is 9.71. The molecule has 2 aliphatic heterocycles. The first kappa shape index (κ1) is 29.2. The van der Waals surface area contributed by atoms with Crippen LogP contribution in [0.5, 0.6) is 0 Å². The summed E-state index contributed by atoms with van der Waals surface area (Å²) in [5.41, 5.74) is -5.84. The highest BCUT2D eigenvalue weighted by Gasteiger charge is 2.87. The highest BCUT2D eigenvalue weighted by molar-refractivity contribution is 5.89. The maximum absolute atomic E-state index is 13.1. The van der Waals surface area contributed by atoms with Gasteiger partial charge in [0.2, 0.25) is 0 Å². The fourth-order valence-corrected chi connectivity index (χ4v) is 6.66. The van der Waals surface area contributed by atoms with Crippen LogP contribution >= 0.6 is 0 Å². The van der Waals surface area contributed by atoms with E-state index in [1.165, 1.54) is 33.8 Å². The van der Waals surface area contributed by atoms with Gasteiger partial charge in [-0.25, -0.2) is 4.79 Å². The molecule has 2 saturated heterocycles. The lowest BCUT2D eigenvalue weighted by Crippen LogP contribution is -2.67. The van der Waals surface area contributed by atoms with Gasteiger partial charge in [-0.2, -0.15) is 0 Å². The topological polar surface area (TPSA) is 158 Å². The molecule has 1 spiro atoms. The summed E-state index contributed by atoms with van der Waals surface area (Å²) in [5, 5.41) is 22.8. The van der Waals surface area contributed by atoms with Gasteiger partial charge in [0.1, 0.15) is 24.4 Å². The average molecular weight is 551 g/mol. The van der Waals surface area contributed by atoms with Crippen molar-refractivity contribution in [2.24, 2.45) is 11.3 Å². The number of fused-ring (bicyclic) bond motifs is 1. The van der Waals surface area contributed by atoms with Crippen LogP contribution in [0.15, 0.2) is 23.8 Å². The van der Waals surface area contributed by atoms with Gasteiger partial charge in [0, 0.05) is 38.0 Å². The van der Waals surface area contributed by atoms with Crippen molar-refractivity contribution >= 4 is 23.9 Å². The van der Waals surface area contributed by atoms with E-state index in [0.29, 0.717) is 12.0 Å². The lowest BCUT2D eigenvalue weighted by atomic mass is 9.55. The van der Waals surface area contributed by atoms with Crippen LogP contribution in [-0.2, 0) is 42.9 Å². The smallest absolute Gasteiger partial charge is 0.342 e. The van der Waals surface area contributed by atoms with Crippen molar-refractivity contribution in [3.05, 3.63) is 23.8 Å². The zero-order valence-electron chi connectivity index (χ0n) is 23.4. The molecule has 4 rings (SSSR count). The number of hydrogen-bond donors (Lipinski definition) is 2. The van der Waals surface area contributed by atoms with Crippen molar-refractivity contribution in [3.8, 4) is 0 Å². The van der Waals surface area contributed by atoms with Crippen molar-refractivity contribution in [1.29, 1.82) is 0 Å². The van der Waals surface area contributed by atoms with E-state index in [4.69, 9.17) is 23.7 Å². The monoisotopic (exact) mass is 550 g/mol. The Bertz CT molecular complexity index is 1120. The van der Waals surface area contributed by atoms with Crippen LogP contribution in [0, 0.1) is 11.3 Å². The molecule has 0 aromatic rings. The van der Waals surface area contributed by atoms with Crippen LogP contribution in [0.4, 0.5) is 0 Å². The van der Waals surface area contributed by atoms with Crippen LogP contribution in [0.2, 0.25) is 0 Å². The summed E-state index contributed by atoms with van der Waals surface area (Å²) in [6, 6.07) is 0. The second-order valence-corrected chi connectivity index (χ2v) is 11.6. The first-order chi connectivity index (χ1) is 18.0. The van der Waals surface area contributed by atoms with Crippen molar-refractivity contribution in [1.82, 2.24) is 0 Å². The fourth-order valence-electron chi connectivity index (χ4n) is 6.66. The largest absolute Gasteiger partial charge is 0.461 e. The maximum Gasteiger partial charge on any atom is 0.342 e. The molecule has 2 heterocycles. The second-order valence-electron chi connectivity index (χ2n) is 11.6. The highest BCUT2D eigenvalue weighted by atomic mass is 16.7. The molecule has 0 bridgehead atoms. The van der Waals surface area contributed by atoms with Gasteiger partial charge in [-0.1, -0.05) is 26.0 Å². The Hall–Kier alpha value is -2.76. The number of epoxide rings is 1. The van der Waals surface area contributed by atoms with Crippen molar-refractivity contribution in [2.75, 3.05) is 0 Å². The van der Waals surface area contributed by atoms with Crippen LogP contribution in [0.1, 0.15) is 67.7 Å². The van der Waals surface area contributed by atoms with E-state index < -0.39 is 82.5 Å². The lowest BCUT2D eigenvalue weighted by Gasteiger charge is -2.54. The van der Waals surface area contributed by atoms with E-state index in [2.05, 4.69) is 0 Å². The predicted molar refractivity (Wildman–Crippen MR) is 134 cm³/mol. The van der Waals surface area contributed by atoms with E-state index in [-0.39, 0.29) is 12.8 Å². The van der Waals surface area contributed by atoms with E-state index in [1.807, 2.05) is 6.92 Å². The van der Waals surface area contributed by atoms with Gasteiger partial charge in [-0.05, 0) is 38.8 Å². The SMILES string of the molecule is CCCC(=O)OC1CC(OC(C)=O)C2(C)C=CC(O)C(C)(O)C2C(OC(C)=O)C23OC2(C)C(=O)OC3C=C1C. The summed E-state index contributed by atoms with van der Waals surface area (Å²) >= 11 is 0. The molecule has 0 aromatic heterocycles. The van der Waals surface area contributed by atoms with Crippen LogP contribution in [0.3, 0.4) is 0 Å². The summed E-state index contributed by atoms with van der Waals surface area (Å²) in [6.07, 6.45) is -0.393. The molecule has 11 nitrogen and oxygen atoms in total. The Labute approximate surface area is 227 Å². The Morgan fingerprint density at radius 2 is 1.74 bits per heavy atom. The van der Waals surface area contributed by atoms with E-state index in [9.17, 15) is 29.4 Å². The molecule has 11 heteroatoms. The molecule has 10 unspecified atom stereocenters. The molecule has 2 fully saturated rings. The molecule has 4 aliphatic rings. The average Bonchev–Trinajstić information content (AvgIpc) is 3.40. The van der Waals surface area contributed by atoms with Gasteiger partial charge in [-0.15, -0.1) is 0 Å². The number of hydrogen-bond acceptors (Lipinski definition) is 11. The summed E-state index contributed by atoms with van der Waals surface area (Å²) in [4.78, 5) is 50.5. The van der Waals surface area contributed by atoms with Gasteiger partial charge >= 0.3 is 23.9 Å². The molecule has 0 radical (unpaired) electrons. The molecule has 2 aliphatic carbocycles. The summed E-state index contributed by atoms with van der Waals surface area (Å²) in [7, 11) is 0. The van der Waals surface area contributed by atoms with Crippen molar-refractivity contribution < 1.29 is 53.1 Å². The van der Waals surface area contributed by atoms with Crippen molar-refractivity contribution in [2.45, 2.75) is 115 Å². The molecule has 39 heavy (non-hydrogen) atoms. The predicted octanol–water partition coefficient (Wildman–Crippen LogP) is 1.67. The third-order valence-corrected chi connectivity index (χ3v) is 8.76. The molecule has 0 aromatic carbocycles. The number of carbonyl (C=O) groups is 4. The van der Waals surface area contributed by atoms with Gasteiger partial charge in [0.25, 0.3) is 0 Å². The Morgan fingerprint density at radius 3 is 2.31 bits per heavy atom. The number of aliphatic hydroxyl groups is 2. The lowest BCUT2D eigenvalue weighted by molar-refractivity contribution is -0.215. The Kier molecular flexibility index (Phi) is 7.27. The molecule has 0 saturated carbocycles. The molecule has 0 amide bonds. The van der Waals surface area contributed by atoms with Gasteiger partial charge in [0.15, 0.2) is 17.3 Å². The first-order valence-corrected chi connectivity index (χ1v) is 13.3. The number of ether oxygens (including phenoxy) is 5. The quantitative estimate of drug-likeness (QED) is 0.222. The minimum Gasteiger partial charge on any atom is -0.461 e. The minimum atomic E-state index is -1.95. The molecule has 216 valence electrons. The highest BCUT2D eigenvalue weighted by Crippen LogP contribution is 2.65. The van der Waals surface area contributed by atoms with E-state index >= 15 is 0 Å². The van der Waals surface area contributed by atoms with Crippen molar-refractivity contribution in [3.63, 3.8) is 0 Å². The fraction of sp³-hybridized carbons (Fsp3) is 0.714. The third kappa shape index (κ3) is 4.48. The van der Waals surface area contributed by atoms with Gasteiger partial charge in [0.05, 0.1) is 5.60 Å². The van der Waals surface area contributed by atoms with E-state index in [1.54, 1.807) is 26.0 Å². The number of esters is 4. The van der Waals surface area contributed by atoms with Gasteiger partial charge < -0.3 is 33.9 Å². The zero-order chi connectivity index (χ0) is 29.1. The number of carbonyl (C=O) groups excluding carboxylic acids is 4. The zero-order valence-corrected chi connectivity index (χ0v) is 23.4. The molecular formula is C28H38O11. The minimum absolute atomic E-state index is 0.0144. The van der Waals surface area contributed by atoms with Crippen LogP contribution < -0.4 is 0 Å². The third-order valence-electron chi connectivity index (χ3n) is 8.76. The summed E-state index contributed by atoms with van der Waals surface area (Å²) in [5.74, 6) is -3.64. The van der Waals surface area contributed by atoms with Crippen LogP contribution in [-0.4, -0.2) is 81.4 Å². The normalized spacial score (nSPS) is 44.5. The maximum atomic E-state index is 13.1. The summed E-state index contributed by atoms with van der Waals surface area (Å²) < 4.78 is 29.3. The van der Waals surface area contributed by atoms with Gasteiger partial charge in [-0.3, -0.25) is 14.4 Å². The Morgan fingerprint density at radius 1 is 1.10 bits per heavy atom. The molecular weight excluding hydrogens is 512 g/mol. The van der Waals surface area contributed by atoms with Crippen LogP contribution in [0.25, 0.3) is 0 Å². The summed E-state index contributed by atoms with van der Waals surface area (Å²) in [6.45, 7) is 10.6. The first-order valence-electron chi connectivity index (χ1n) is 13.3.